The molecule has 1 heterocycles. The van der Waals surface area contributed by atoms with Gasteiger partial charge in [0.25, 0.3) is 0 Å². The van der Waals surface area contributed by atoms with E-state index in [9.17, 15) is 4.79 Å². The van der Waals surface area contributed by atoms with Gasteiger partial charge in [0, 0.05) is 18.2 Å². The molecule has 19 heavy (non-hydrogen) atoms. The summed E-state index contributed by atoms with van der Waals surface area (Å²) in [6.07, 6.45) is 5.38. The van der Waals surface area contributed by atoms with Crippen molar-refractivity contribution in [1.82, 2.24) is 0 Å². The van der Waals surface area contributed by atoms with E-state index in [0.29, 0.717) is 22.5 Å². The van der Waals surface area contributed by atoms with Crippen LogP contribution in [0.4, 0.5) is 0 Å². The molecule has 2 rings (SSSR count). The van der Waals surface area contributed by atoms with Crippen LogP contribution in [0.2, 0.25) is 0 Å². The number of hydrogen-bond acceptors (Lipinski definition) is 4. The van der Waals surface area contributed by atoms with E-state index >= 15 is 0 Å². The monoisotopic (exact) mass is 258 g/mol. The van der Waals surface area contributed by atoms with E-state index in [0.717, 1.165) is 0 Å². The van der Waals surface area contributed by atoms with Gasteiger partial charge in [-0.1, -0.05) is 5.92 Å². The second kappa shape index (κ2) is 4.69. The topological polar surface area (TPSA) is 48.7 Å². The third kappa shape index (κ3) is 2.71. The first-order valence-electron chi connectivity index (χ1n) is 5.74. The molecule has 2 aromatic rings. The highest BCUT2D eigenvalue weighted by atomic mass is 16.5. The smallest absolute Gasteiger partial charge is 0.336 e. The van der Waals surface area contributed by atoms with Gasteiger partial charge in [-0.2, -0.15) is 0 Å². The molecule has 0 unspecified atom stereocenters. The summed E-state index contributed by atoms with van der Waals surface area (Å²) in [6, 6.07) is 6.33. The van der Waals surface area contributed by atoms with Crippen LogP contribution in [0.3, 0.4) is 0 Å². The molecular formula is C15H14O4. The average Bonchev–Trinajstić information content (AvgIpc) is 2.36. The van der Waals surface area contributed by atoms with Crippen LogP contribution < -0.4 is 15.1 Å². The minimum Gasteiger partial charge on any atom is -0.496 e. The molecule has 0 saturated carbocycles. The molecule has 0 aliphatic heterocycles. The van der Waals surface area contributed by atoms with E-state index < -0.39 is 11.2 Å². The number of ether oxygens (including phenoxy) is 2. The summed E-state index contributed by atoms with van der Waals surface area (Å²) in [6.45, 7) is 3.54. The number of fused-ring (bicyclic) bond motifs is 1. The third-order valence-electron chi connectivity index (χ3n) is 2.61. The van der Waals surface area contributed by atoms with Crippen molar-refractivity contribution in [3.63, 3.8) is 0 Å². The van der Waals surface area contributed by atoms with Gasteiger partial charge in [0.15, 0.2) is 5.60 Å². The Morgan fingerprint density at radius 3 is 2.68 bits per heavy atom. The van der Waals surface area contributed by atoms with Gasteiger partial charge in [-0.3, -0.25) is 0 Å². The minimum absolute atomic E-state index is 0.398. The van der Waals surface area contributed by atoms with E-state index in [4.69, 9.17) is 20.3 Å². The molecule has 0 spiro atoms. The van der Waals surface area contributed by atoms with Crippen molar-refractivity contribution < 1.29 is 13.9 Å². The van der Waals surface area contributed by atoms with Gasteiger partial charge in [0.05, 0.1) is 12.5 Å². The zero-order valence-corrected chi connectivity index (χ0v) is 11.0. The molecule has 0 aliphatic rings. The lowest BCUT2D eigenvalue weighted by Crippen LogP contribution is -2.25. The van der Waals surface area contributed by atoms with Crippen molar-refractivity contribution in [3.8, 4) is 23.8 Å². The summed E-state index contributed by atoms with van der Waals surface area (Å²) >= 11 is 0. The Labute approximate surface area is 110 Å². The molecule has 0 radical (unpaired) electrons. The fourth-order valence-electron chi connectivity index (χ4n) is 1.67. The van der Waals surface area contributed by atoms with Crippen LogP contribution in [0.5, 0.6) is 11.5 Å². The van der Waals surface area contributed by atoms with Gasteiger partial charge in [-0.05, 0) is 19.9 Å². The number of terminal acetylenes is 1. The third-order valence-corrected chi connectivity index (χ3v) is 2.61. The predicted octanol–water partition coefficient (Wildman–Crippen LogP) is 2.59. The van der Waals surface area contributed by atoms with Gasteiger partial charge in [0.2, 0.25) is 0 Å². The molecule has 0 aliphatic carbocycles. The van der Waals surface area contributed by atoms with E-state index in [-0.39, 0.29) is 0 Å². The van der Waals surface area contributed by atoms with E-state index in [1.807, 2.05) is 0 Å². The molecule has 0 saturated heterocycles. The number of methoxy groups -OCH3 is 1. The van der Waals surface area contributed by atoms with Crippen LogP contribution in [-0.4, -0.2) is 12.7 Å². The lowest BCUT2D eigenvalue weighted by atomic mass is 10.1. The highest BCUT2D eigenvalue weighted by Crippen LogP contribution is 2.31. The highest BCUT2D eigenvalue weighted by Gasteiger charge is 2.17. The zero-order valence-electron chi connectivity index (χ0n) is 11.0. The molecule has 1 aromatic heterocycles. The standard InChI is InChI=1S/C15H14O4/c1-5-15(2,3)19-10-8-12(17-4)11-6-7-14(16)18-13(11)9-10/h1,6-9H,2-4H3. The lowest BCUT2D eigenvalue weighted by molar-refractivity contribution is 0.172. The quantitative estimate of drug-likeness (QED) is 0.627. The molecule has 4 heteroatoms. The van der Waals surface area contributed by atoms with Crippen molar-refractivity contribution in [3.05, 3.63) is 34.7 Å². The summed E-state index contributed by atoms with van der Waals surface area (Å²) in [5.41, 5.74) is -0.786. The number of benzene rings is 1. The first-order valence-corrected chi connectivity index (χ1v) is 5.74. The fourth-order valence-corrected chi connectivity index (χ4v) is 1.67. The lowest BCUT2D eigenvalue weighted by Gasteiger charge is -2.20. The largest absolute Gasteiger partial charge is 0.496 e. The van der Waals surface area contributed by atoms with Crippen LogP contribution in [0, 0.1) is 12.3 Å². The minimum atomic E-state index is -0.756. The Bertz CT molecular complexity index is 704. The maximum atomic E-state index is 11.3. The van der Waals surface area contributed by atoms with Crippen LogP contribution in [0.25, 0.3) is 11.0 Å². The summed E-state index contributed by atoms with van der Waals surface area (Å²) in [4.78, 5) is 11.3. The maximum absolute atomic E-state index is 11.3. The Hall–Kier alpha value is -2.41. The first kappa shape index (κ1) is 13.0. The SMILES string of the molecule is C#CC(C)(C)Oc1cc(OC)c2ccc(=O)oc2c1. The summed E-state index contributed by atoms with van der Waals surface area (Å²) in [7, 11) is 1.54. The van der Waals surface area contributed by atoms with Crippen LogP contribution >= 0.6 is 0 Å². The summed E-state index contributed by atoms with van der Waals surface area (Å²) in [5.74, 6) is 3.58. The fraction of sp³-hybridized carbons (Fsp3) is 0.267. The predicted molar refractivity (Wildman–Crippen MR) is 72.6 cm³/mol. The number of hydrogen-bond donors (Lipinski definition) is 0. The molecule has 0 amide bonds. The number of rotatable bonds is 3. The van der Waals surface area contributed by atoms with Crippen LogP contribution in [-0.2, 0) is 0 Å². The molecule has 0 N–H and O–H groups in total. The van der Waals surface area contributed by atoms with Gasteiger partial charge in [-0.25, -0.2) is 4.79 Å². The van der Waals surface area contributed by atoms with E-state index in [2.05, 4.69) is 5.92 Å². The summed E-state index contributed by atoms with van der Waals surface area (Å²) in [5, 5.41) is 0.702. The zero-order chi connectivity index (χ0) is 14.0. The molecule has 0 atom stereocenters. The molecule has 0 fully saturated rings. The van der Waals surface area contributed by atoms with Crippen LogP contribution in [0.1, 0.15) is 13.8 Å². The van der Waals surface area contributed by atoms with E-state index in [1.165, 1.54) is 13.2 Å². The van der Waals surface area contributed by atoms with E-state index in [1.54, 1.807) is 32.0 Å². The van der Waals surface area contributed by atoms with Gasteiger partial charge < -0.3 is 13.9 Å². The molecule has 1 aromatic carbocycles. The van der Waals surface area contributed by atoms with Gasteiger partial charge in [0.1, 0.15) is 17.1 Å². The van der Waals surface area contributed by atoms with Crippen molar-refractivity contribution in [2.75, 3.05) is 7.11 Å². The molecule has 98 valence electrons. The normalized spacial score (nSPS) is 11.1. The Morgan fingerprint density at radius 1 is 1.32 bits per heavy atom. The van der Waals surface area contributed by atoms with Gasteiger partial charge >= 0.3 is 5.63 Å². The van der Waals surface area contributed by atoms with Crippen molar-refractivity contribution >= 4 is 11.0 Å². The van der Waals surface area contributed by atoms with Gasteiger partial charge in [-0.15, -0.1) is 6.42 Å². The average molecular weight is 258 g/mol. The summed E-state index contributed by atoms with van der Waals surface area (Å²) < 4.78 is 16.1. The second-order valence-corrected chi connectivity index (χ2v) is 4.55. The van der Waals surface area contributed by atoms with Crippen molar-refractivity contribution in [2.24, 2.45) is 0 Å². The van der Waals surface area contributed by atoms with Crippen LogP contribution in [0.15, 0.2) is 33.5 Å². The van der Waals surface area contributed by atoms with Crippen molar-refractivity contribution in [2.45, 2.75) is 19.4 Å². The Balaban J connectivity index is 2.59. The molecular weight excluding hydrogens is 244 g/mol. The molecule has 0 bridgehead atoms. The molecule has 4 nitrogen and oxygen atoms in total. The Kier molecular flexibility index (Phi) is 3.22. The van der Waals surface area contributed by atoms with Crippen molar-refractivity contribution in [1.29, 1.82) is 0 Å². The second-order valence-electron chi connectivity index (χ2n) is 4.55. The maximum Gasteiger partial charge on any atom is 0.336 e. The first-order chi connectivity index (χ1) is 8.95. The Morgan fingerprint density at radius 2 is 2.05 bits per heavy atom. The highest BCUT2D eigenvalue weighted by molar-refractivity contribution is 5.85.